The molecule has 0 saturated carbocycles. The molecule has 1 N–H and O–H groups in total. The van der Waals surface area contributed by atoms with Gasteiger partial charge in [0.2, 0.25) is 5.82 Å². The molecular formula is C11H18N4O3. The zero-order valence-electron chi connectivity index (χ0n) is 10.7. The fourth-order valence-corrected chi connectivity index (χ4v) is 2.65. The number of hydrogen-bond donors (Lipinski definition) is 1. The second kappa shape index (κ2) is 4.93. The lowest BCUT2D eigenvalue weighted by Gasteiger charge is -2.17. The minimum absolute atomic E-state index is 0.0992. The Morgan fingerprint density at radius 3 is 2.94 bits per heavy atom. The molecule has 7 nitrogen and oxygen atoms in total. The summed E-state index contributed by atoms with van der Waals surface area (Å²) in [5.74, 6) is 0.989. The molecule has 0 spiro atoms. The van der Waals surface area contributed by atoms with Crippen molar-refractivity contribution >= 4 is 11.5 Å². The number of aryl methyl sites for hydroxylation is 2. The van der Waals surface area contributed by atoms with Crippen molar-refractivity contribution < 1.29 is 10.0 Å². The van der Waals surface area contributed by atoms with Gasteiger partial charge in [0.1, 0.15) is 5.69 Å². The summed E-state index contributed by atoms with van der Waals surface area (Å²) >= 11 is 0. The van der Waals surface area contributed by atoms with Crippen molar-refractivity contribution in [1.29, 1.82) is 0 Å². The molecule has 1 unspecified atom stereocenters. The Labute approximate surface area is 105 Å². The van der Waals surface area contributed by atoms with Crippen molar-refractivity contribution in [2.24, 2.45) is 13.0 Å². The Kier molecular flexibility index (Phi) is 3.51. The summed E-state index contributed by atoms with van der Waals surface area (Å²) in [5, 5.41) is 24.2. The molecule has 1 aromatic rings. The number of aliphatic hydroxyl groups is 1. The second-order valence-electron chi connectivity index (χ2n) is 4.75. The molecule has 1 aliphatic heterocycles. The van der Waals surface area contributed by atoms with Crippen LogP contribution in [0.3, 0.4) is 0 Å². The Balaban J connectivity index is 2.26. The van der Waals surface area contributed by atoms with Crippen LogP contribution in [0, 0.1) is 23.0 Å². The van der Waals surface area contributed by atoms with E-state index in [9.17, 15) is 10.1 Å². The molecule has 0 aliphatic carbocycles. The quantitative estimate of drug-likeness (QED) is 0.636. The molecule has 100 valence electrons. The van der Waals surface area contributed by atoms with Gasteiger partial charge in [0.05, 0.1) is 4.92 Å². The van der Waals surface area contributed by atoms with Crippen LogP contribution in [0.2, 0.25) is 0 Å². The Morgan fingerprint density at radius 1 is 1.61 bits per heavy atom. The lowest BCUT2D eigenvalue weighted by Crippen LogP contribution is -2.23. The summed E-state index contributed by atoms with van der Waals surface area (Å²) < 4.78 is 1.58. The number of rotatable bonds is 4. The van der Waals surface area contributed by atoms with Gasteiger partial charge in [-0.05, 0) is 25.7 Å². The molecular weight excluding hydrogens is 236 g/mol. The van der Waals surface area contributed by atoms with Crippen molar-refractivity contribution in [3.8, 4) is 0 Å². The van der Waals surface area contributed by atoms with Crippen LogP contribution in [0.4, 0.5) is 11.5 Å². The molecule has 0 aromatic carbocycles. The van der Waals surface area contributed by atoms with Crippen LogP contribution in [0.25, 0.3) is 0 Å². The number of nitrogens with zero attached hydrogens (tertiary/aromatic N) is 4. The largest absolute Gasteiger partial charge is 0.396 e. The summed E-state index contributed by atoms with van der Waals surface area (Å²) in [6.07, 6.45) is 1.71. The van der Waals surface area contributed by atoms with Gasteiger partial charge >= 0.3 is 5.69 Å². The van der Waals surface area contributed by atoms with Gasteiger partial charge < -0.3 is 10.0 Å². The maximum atomic E-state index is 11.1. The number of aliphatic hydroxyl groups excluding tert-OH is 1. The van der Waals surface area contributed by atoms with Gasteiger partial charge in [-0.2, -0.15) is 5.10 Å². The van der Waals surface area contributed by atoms with E-state index in [0.717, 1.165) is 25.9 Å². The predicted molar refractivity (Wildman–Crippen MR) is 66.6 cm³/mol. The summed E-state index contributed by atoms with van der Waals surface area (Å²) in [6, 6.07) is 0. The van der Waals surface area contributed by atoms with E-state index in [-0.39, 0.29) is 17.2 Å². The maximum Gasteiger partial charge on any atom is 0.333 e. The summed E-state index contributed by atoms with van der Waals surface area (Å²) in [7, 11) is 1.73. The molecule has 1 aromatic heterocycles. The van der Waals surface area contributed by atoms with Crippen LogP contribution >= 0.6 is 0 Å². The van der Waals surface area contributed by atoms with E-state index in [0.29, 0.717) is 17.4 Å². The monoisotopic (exact) mass is 254 g/mol. The minimum atomic E-state index is -0.364. The zero-order chi connectivity index (χ0) is 13.3. The predicted octanol–water partition coefficient (Wildman–Crippen LogP) is 0.845. The Hall–Kier alpha value is -1.63. The van der Waals surface area contributed by atoms with Gasteiger partial charge in [0, 0.05) is 26.7 Å². The average molecular weight is 254 g/mol. The van der Waals surface area contributed by atoms with E-state index in [4.69, 9.17) is 5.11 Å². The smallest absolute Gasteiger partial charge is 0.333 e. The van der Waals surface area contributed by atoms with Gasteiger partial charge in [-0.25, -0.2) is 4.68 Å². The van der Waals surface area contributed by atoms with E-state index < -0.39 is 0 Å². The highest BCUT2D eigenvalue weighted by molar-refractivity contribution is 5.61. The lowest BCUT2D eigenvalue weighted by molar-refractivity contribution is -0.384. The average Bonchev–Trinajstić information content (AvgIpc) is 2.83. The van der Waals surface area contributed by atoms with E-state index in [1.54, 1.807) is 18.7 Å². The zero-order valence-corrected chi connectivity index (χ0v) is 10.7. The van der Waals surface area contributed by atoms with Gasteiger partial charge in [0.25, 0.3) is 0 Å². The number of aromatic nitrogens is 2. The van der Waals surface area contributed by atoms with E-state index in [1.165, 1.54) is 0 Å². The van der Waals surface area contributed by atoms with Crippen LogP contribution in [0.15, 0.2) is 0 Å². The van der Waals surface area contributed by atoms with E-state index in [1.807, 2.05) is 4.90 Å². The molecule has 1 atom stereocenters. The van der Waals surface area contributed by atoms with Crippen LogP contribution in [0.5, 0.6) is 0 Å². The minimum Gasteiger partial charge on any atom is -0.396 e. The fraction of sp³-hybridized carbons (Fsp3) is 0.727. The fourth-order valence-electron chi connectivity index (χ4n) is 2.65. The van der Waals surface area contributed by atoms with Crippen LogP contribution < -0.4 is 4.90 Å². The highest BCUT2D eigenvalue weighted by atomic mass is 16.6. The van der Waals surface area contributed by atoms with Crippen LogP contribution in [0.1, 0.15) is 18.5 Å². The second-order valence-corrected chi connectivity index (χ2v) is 4.75. The number of anilines is 1. The maximum absolute atomic E-state index is 11.1. The third kappa shape index (κ3) is 2.17. The third-order valence-electron chi connectivity index (χ3n) is 3.47. The summed E-state index contributed by atoms with van der Waals surface area (Å²) in [5.41, 5.74) is 0.547. The Morgan fingerprint density at radius 2 is 2.33 bits per heavy atom. The van der Waals surface area contributed by atoms with Crippen LogP contribution in [-0.4, -0.2) is 39.5 Å². The lowest BCUT2D eigenvalue weighted by atomic mass is 10.1. The Bertz CT molecular complexity index is 457. The first-order valence-corrected chi connectivity index (χ1v) is 6.08. The van der Waals surface area contributed by atoms with Crippen molar-refractivity contribution in [2.75, 3.05) is 24.6 Å². The SMILES string of the molecule is Cc1nn(C)c(N2CCC(CCO)C2)c1[N+](=O)[O-]. The van der Waals surface area contributed by atoms with E-state index >= 15 is 0 Å². The first-order valence-electron chi connectivity index (χ1n) is 6.08. The van der Waals surface area contributed by atoms with Crippen molar-refractivity contribution in [3.05, 3.63) is 15.8 Å². The van der Waals surface area contributed by atoms with Gasteiger partial charge in [-0.1, -0.05) is 0 Å². The first-order chi connectivity index (χ1) is 8.54. The molecule has 0 radical (unpaired) electrons. The third-order valence-corrected chi connectivity index (χ3v) is 3.47. The van der Waals surface area contributed by atoms with Gasteiger partial charge in [-0.15, -0.1) is 0 Å². The highest BCUT2D eigenvalue weighted by Gasteiger charge is 2.32. The molecule has 7 heteroatoms. The van der Waals surface area contributed by atoms with Crippen molar-refractivity contribution in [2.45, 2.75) is 19.8 Å². The number of nitro groups is 1. The van der Waals surface area contributed by atoms with Crippen LogP contribution in [-0.2, 0) is 7.05 Å². The number of hydrogen-bond acceptors (Lipinski definition) is 5. The molecule has 0 amide bonds. The molecule has 1 aliphatic rings. The van der Waals surface area contributed by atoms with Crippen molar-refractivity contribution in [3.63, 3.8) is 0 Å². The summed E-state index contributed by atoms with van der Waals surface area (Å²) in [4.78, 5) is 12.7. The molecule has 18 heavy (non-hydrogen) atoms. The molecule has 2 heterocycles. The van der Waals surface area contributed by atoms with E-state index in [2.05, 4.69) is 5.10 Å². The topological polar surface area (TPSA) is 84.4 Å². The van der Waals surface area contributed by atoms with Gasteiger partial charge in [-0.3, -0.25) is 10.1 Å². The molecule has 0 bridgehead atoms. The first kappa shape index (κ1) is 12.8. The molecule has 1 saturated heterocycles. The van der Waals surface area contributed by atoms with Crippen molar-refractivity contribution in [1.82, 2.24) is 9.78 Å². The summed E-state index contributed by atoms with van der Waals surface area (Å²) in [6.45, 7) is 3.36. The normalized spacial score (nSPS) is 19.5. The highest BCUT2D eigenvalue weighted by Crippen LogP contribution is 2.34. The molecule has 1 fully saturated rings. The standard InChI is InChI=1S/C11H18N4O3/c1-8-10(15(17)18)11(13(2)12-8)14-5-3-9(7-14)4-6-16/h9,16H,3-7H2,1-2H3. The molecule has 2 rings (SSSR count). The van der Waals surface area contributed by atoms with Gasteiger partial charge in [0.15, 0.2) is 0 Å².